The van der Waals surface area contributed by atoms with Gasteiger partial charge in [-0.25, -0.2) is 9.97 Å². The number of imidazole rings is 2. The highest BCUT2D eigenvalue weighted by Crippen LogP contribution is 2.29. The van der Waals surface area contributed by atoms with E-state index in [1.807, 2.05) is 85.2 Å². The first kappa shape index (κ1) is 21.3. The van der Waals surface area contributed by atoms with Crippen molar-refractivity contribution in [2.45, 2.75) is 13.8 Å². The van der Waals surface area contributed by atoms with Crippen LogP contribution in [0.5, 0.6) is 0 Å². The number of aromatic nitrogens is 4. The summed E-state index contributed by atoms with van der Waals surface area (Å²) in [5.41, 5.74) is 6.10. The van der Waals surface area contributed by atoms with Crippen molar-refractivity contribution in [3.63, 3.8) is 0 Å². The Labute approximate surface area is 196 Å². The van der Waals surface area contributed by atoms with Crippen molar-refractivity contribution < 1.29 is 9.59 Å². The molecule has 6 heteroatoms. The largest absolute Gasteiger partial charge is 0.344 e. The van der Waals surface area contributed by atoms with E-state index in [9.17, 15) is 9.59 Å². The Kier molecular flexibility index (Phi) is 5.47. The van der Waals surface area contributed by atoms with Crippen molar-refractivity contribution in [1.29, 1.82) is 0 Å². The molecule has 0 unspecified atom stereocenters. The second kappa shape index (κ2) is 8.75. The zero-order valence-electron chi connectivity index (χ0n) is 18.8. The zero-order valence-corrected chi connectivity index (χ0v) is 18.8. The molecule has 0 amide bonds. The average Bonchev–Trinajstić information content (AvgIpc) is 3.55. The Hall–Kier alpha value is -4.58. The molecule has 0 radical (unpaired) electrons. The number of carbonyl (C=O) groups excluding carboxylic acids is 2. The lowest BCUT2D eigenvalue weighted by Crippen LogP contribution is -1.95. The van der Waals surface area contributed by atoms with Crippen LogP contribution >= 0.6 is 0 Å². The zero-order chi connectivity index (χ0) is 23.7. The van der Waals surface area contributed by atoms with Crippen LogP contribution in [0.15, 0.2) is 85.2 Å². The van der Waals surface area contributed by atoms with Gasteiger partial charge in [-0.05, 0) is 19.9 Å². The van der Waals surface area contributed by atoms with Crippen molar-refractivity contribution in [2.75, 3.05) is 0 Å². The maximum atomic E-state index is 12.0. The monoisotopic (exact) mass is 446 g/mol. The van der Waals surface area contributed by atoms with Crippen molar-refractivity contribution in [1.82, 2.24) is 19.9 Å². The summed E-state index contributed by atoms with van der Waals surface area (Å²) in [6.45, 7) is 3.12. The molecule has 0 spiro atoms. The number of nitrogens with one attached hydrogen (secondary N) is 2. The molecular formula is C28H22N4O2. The van der Waals surface area contributed by atoms with Crippen LogP contribution in [0.3, 0.4) is 0 Å². The Morgan fingerprint density at radius 1 is 0.618 bits per heavy atom. The lowest BCUT2D eigenvalue weighted by Gasteiger charge is -2.04. The summed E-state index contributed by atoms with van der Waals surface area (Å²) in [6, 6.07) is 22.8. The van der Waals surface area contributed by atoms with Gasteiger partial charge in [0, 0.05) is 45.8 Å². The number of rotatable bonds is 6. The van der Waals surface area contributed by atoms with Gasteiger partial charge in [0.1, 0.15) is 11.6 Å². The lowest BCUT2D eigenvalue weighted by molar-refractivity contribution is 0.101. The van der Waals surface area contributed by atoms with Gasteiger partial charge in [0.25, 0.3) is 0 Å². The smallest absolute Gasteiger partial charge is 0.160 e. The Balaban J connectivity index is 1.48. The number of H-pyrrole nitrogens is 2. The molecule has 5 aromatic rings. The molecule has 2 heterocycles. The number of ketones is 2. The number of benzene rings is 3. The van der Waals surface area contributed by atoms with Crippen LogP contribution in [-0.2, 0) is 0 Å². The van der Waals surface area contributed by atoms with Gasteiger partial charge in [-0.15, -0.1) is 0 Å². The molecule has 0 aliphatic carbocycles. The van der Waals surface area contributed by atoms with E-state index in [4.69, 9.17) is 9.97 Å². The van der Waals surface area contributed by atoms with Crippen LogP contribution in [0, 0.1) is 0 Å². The van der Waals surface area contributed by atoms with Crippen molar-refractivity contribution >= 4 is 11.6 Å². The van der Waals surface area contributed by atoms with Gasteiger partial charge >= 0.3 is 0 Å². The Bertz CT molecular complexity index is 1420. The van der Waals surface area contributed by atoms with E-state index in [0.717, 1.165) is 22.3 Å². The number of nitrogens with zero attached hydrogens (tertiary/aromatic N) is 2. The van der Waals surface area contributed by atoms with Gasteiger partial charge in [-0.2, -0.15) is 0 Å². The maximum Gasteiger partial charge on any atom is 0.160 e. The molecule has 0 atom stereocenters. The molecular weight excluding hydrogens is 424 g/mol. The Morgan fingerprint density at radius 2 is 1.06 bits per heavy atom. The molecule has 6 nitrogen and oxygen atoms in total. The van der Waals surface area contributed by atoms with Crippen molar-refractivity contribution in [3.05, 3.63) is 96.3 Å². The van der Waals surface area contributed by atoms with Crippen LogP contribution in [0.25, 0.3) is 45.3 Å². The minimum atomic E-state index is 0.00196. The van der Waals surface area contributed by atoms with Gasteiger partial charge in [0.2, 0.25) is 0 Å². The summed E-state index contributed by atoms with van der Waals surface area (Å²) < 4.78 is 0. The molecule has 3 aromatic carbocycles. The maximum absolute atomic E-state index is 12.0. The minimum Gasteiger partial charge on any atom is -0.344 e. The van der Waals surface area contributed by atoms with Crippen molar-refractivity contribution in [2.24, 2.45) is 0 Å². The first-order chi connectivity index (χ1) is 16.5. The van der Waals surface area contributed by atoms with E-state index < -0.39 is 0 Å². The molecule has 34 heavy (non-hydrogen) atoms. The predicted octanol–water partition coefficient (Wildman–Crippen LogP) is 6.21. The number of hydrogen-bond acceptors (Lipinski definition) is 4. The third-order valence-electron chi connectivity index (χ3n) is 5.73. The molecule has 0 fully saturated rings. The summed E-state index contributed by atoms with van der Waals surface area (Å²) in [5.74, 6) is 1.40. The van der Waals surface area contributed by atoms with Gasteiger partial charge in [-0.3, -0.25) is 9.59 Å². The minimum absolute atomic E-state index is 0.00196. The van der Waals surface area contributed by atoms with Crippen LogP contribution in [0.1, 0.15) is 34.6 Å². The van der Waals surface area contributed by atoms with Crippen LogP contribution < -0.4 is 0 Å². The summed E-state index contributed by atoms with van der Waals surface area (Å²) in [4.78, 5) is 40.0. The van der Waals surface area contributed by atoms with E-state index in [1.54, 1.807) is 13.8 Å². The van der Waals surface area contributed by atoms with Crippen LogP contribution in [-0.4, -0.2) is 31.5 Å². The number of Topliss-reactive ketones (excluding diaryl/α,β-unsaturated/α-hetero) is 2. The molecule has 5 rings (SSSR count). The third kappa shape index (κ3) is 3.97. The summed E-state index contributed by atoms with van der Waals surface area (Å²) in [7, 11) is 0. The normalized spacial score (nSPS) is 10.9. The molecule has 0 aliphatic rings. The van der Waals surface area contributed by atoms with Gasteiger partial charge in [0.05, 0.1) is 11.4 Å². The molecule has 2 aromatic heterocycles. The van der Waals surface area contributed by atoms with Gasteiger partial charge in [0.15, 0.2) is 11.6 Å². The fourth-order valence-electron chi connectivity index (χ4n) is 4.06. The molecule has 0 aliphatic heterocycles. The first-order valence-corrected chi connectivity index (χ1v) is 10.9. The standard InChI is InChI=1S/C28H22N4O2/c1-17(33)21-10-3-5-12-23(21)25-15-29-27(31-25)19-8-7-9-20(14-19)28-30-16-26(32-28)24-13-6-4-11-22(24)18(2)34/h3-16H,1-2H3,(H,29,31)(H,30,32). The third-order valence-corrected chi connectivity index (χ3v) is 5.73. The predicted molar refractivity (Wildman–Crippen MR) is 132 cm³/mol. The fourth-order valence-corrected chi connectivity index (χ4v) is 4.06. The highest BCUT2D eigenvalue weighted by Gasteiger charge is 2.15. The number of carbonyl (C=O) groups is 2. The summed E-state index contributed by atoms with van der Waals surface area (Å²) in [6.07, 6.45) is 3.63. The van der Waals surface area contributed by atoms with Gasteiger partial charge < -0.3 is 9.97 Å². The van der Waals surface area contributed by atoms with E-state index in [0.29, 0.717) is 34.2 Å². The molecule has 0 saturated heterocycles. The topological polar surface area (TPSA) is 91.5 Å². The summed E-state index contributed by atoms with van der Waals surface area (Å²) in [5, 5.41) is 0. The SMILES string of the molecule is CC(=O)c1ccccc1-c1c[nH]c(-c2cccc(-c3nc(-c4ccccc4C(C)=O)c[nH]3)c2)n1. The van der Waals surface area contributed by atoms with E-state index in [-0.39, 0.29) is 11.6 Å². The van der Waals surface area contributed by atoms with E-state index in [2.05, 4.69) is 9.97 Å². The highest BCUT2D eigenvalue weighted by atomic mass is 16.1. The second-order valence-electron chi connectivity index (χ2n) is 8.05. The lowest BCUT2D eigenvalue weighted by atomic mass is 10.0. The molecule has 166 valence electrons. The van der Waals surface area contributed by atoms with Gasteiger partial charge in [-0.1, -0.05) is 66.7 Å². The van der Waals surface area contributed by atoms with Crippen molar-refractivity contribution in [3.8, 4) is 45.3 Å². The quantitative estimate of drug-likeness (QED) is 0.304. The first-order valence-electron chi connectivity index (χ1n) is 10.9. The van der Waals surface area contributed by atoms with Crippen LogP contribution in [0.2, 0.25) is 0 Å². The van der Waals surface area contributed by atoms with E-state index in [1.165, 1.54) is 0 Å². The highest BCUT2D eigenvalue weighted by molar-refractivity contribution is 6.01. The molecule has 0 bridgehead atoms. The summed E-state index contributed by atoms with van der Waals surface area (Å²) >= 11 is 0. The average molecular weight is 447 g/mol. The number of aromatic amines is 2. The fraction of sp³-hybridized carbons (Fsp3) is 0.0714. The molecule has 2 N–H and O–H groups in total. The number of hydrogen-bond donors (Lipinski definition) is 2. The van der Waals surface area contributed by atoms with E-state index >= 15 is 0 Å². The second-order valence-corrected chi connectivity index (χ2v) is 8.05. The Morgan fingerprint density at radius 3 is 1.50 bits per heavy atom. The molecule has 0 saturated carbocycles. The van der Waals surface area contributed by atoms with Crippen LogP contribution in [0.4, 0.5) is 0 Å².